The molecule has 2 aromatic carbocycles. The van der Waals surface area contributed by atoms with Crippen molar-refractivity contribution in [1.82, 2.24) is 5.32 Å². The molecule has 6 nitrogen and oxygen atoms in total. The molecule has 0 unspecified atom stereocenters. The predicted molar refractivity (Wildman–Crippen MR) is 111 cm³/mol. The molecule has 0 atom stereocenters. The molecule has 1 aliphatic heterocycles. The Balaban J connectivity index is 1.33. The molecule has 2 N–H and O–H groups in total. The molecule has 1 fully saturated rings. The highest BCUT2D eigenvalue weighted by molar-refractivity contribution is 6.30. The van der Waals surface area contributed by atoms with E-state index in [1.807, 2.05) is 24.3 Å². The molecule has 1 amide bonds. The maximum atomic E-state index is 12.2. The monoisotopic (exact) mass is 404 g/mol. The zero-order valence-electron chi connectivity index (χ0n) is 16.1. The minimum atomic E-state index is 0.0598. The number of nitrogens with one attached hydrogen (secondary N) is 2. The first-order valence-corrected chi connectivity index (χ1v) is 9.89. The summed E-state index contributed by atoms with van der Waals surface area (Å²) in [6.07, 6.45) is 0. The van der Waals surface area contributed by atoms with Crippen molar-refractivity contribution in [3.8, 4) is 11.5 Å². The van der Waals surface area contributed by atoms with Crippen molar-refractivity contribution in [1.29, 1.82) is 0 Å². The van der Waals surface area contributed by atoms with Crippen molar-refractivity contribution in [2.45, 2.75) is 0 Å². The van der Waals surface area contributed by atoms with Crippen LogP contribution in [0, 0.1) is 0 Å². The third-order valence-electron chi connectivity index (χ3n) is 4.81. The van der Waals surface area contributed by atoms with Crippen molar-refractivity contribution in [2.75, 3.05) is 57.9 Å². The number of carbonyl (C=O) groups excluding carboxylic acids is 1. The van der Waals surface area contributed by atoms with Gasteiger partial charge in [0.2, 0.25) is 0 Å². The number of hydrogen-bond donors (Lipinski definition) is 2. The van der Waals surface area contributed by atoms with Crippen molar-refractivity contribution in [3.63, 3.8) is 0 Å². The minimum Gasteiger partial charge on any atom is -0.497 e. The summed E-state index contributed by atoms with van der Waals surface area (Å²) < 4.78 is 10.9. The SMILES string of the molecule is COc1cccc(N2CC[NH+](CC(=O)NCCOc3ccc(Cl)cc3)CC2)c1. The van der Waals surface area contributed by atoms with Crippen LogP contribution in [0.1, 0.15) is 0 Å². The molecular weight excluding hydrogens is 378 g/mol. The van der Waals surface area contributed by atoms with Gasteiger partial charge in [0.15, 0.2) is 6.54 Å². The van der Waals surface area contributed by atoms with Crippen LogP contribution >= 0.6 is 11.6 Å². The van der Waals surface area contributed by atoms with Crippen LogP contribution in [-0.4, -0.2) is 58.9 Å². The fourth-order valence-corrected chi connectivity index (χ4v) is 3.37. The second-order valence-electron chi connectivity index (χ2n) is 6.77. The Bertz CT molecular complexity index is 762. The summed E-state index contributed by atoms with van der Waals surface area (Å²) >= 11 is 5.84. The number of anilines is 1. The van der Waals surface area contributed by atoms with E-state index >= 15 is 0 Å². The number of amides is 1. The second-order valence-corrected chi connectivity index (χ2v) is 7.20. The van der Waals surface area contributed by atoms with Gasteiger partial charge in [0, 0.05) is 16.8 Å². The molecule has 3 rings (SSSR count). The van der Waals surface area contributed by atoms with Crippen LogP contribution in [0.5, 0.6) is 11.5 Å². The normalized spacial score (nSPS) is 14.6. The molecule has 1 heterocycles. The number of quaternary nitrogens is 1. The predicted octanol–water partition coefficient (Wildman–Crippen LogP) is 1.25. The topological polar surface area (TPSA) is 55.2 Å². The van der Waals surface area contributed by atoms with E-state index in [0.717, 1.165) is 37.7 Å². The minimum absolute atomic E-state index is 0.0598. The number of carbonyl (C=O) groups is 1. The van der Waals surface area contributed by atoms with E-state index in [0.29, 0.717) is 24.7 Å². The number of benzene rings is 2. The first-order valence-electron chi connectivity index (χ1n) is 9.51. The van der Waals surface area contributed by atoms with Crippen molar-refractivity contribution >= 4 is 23.2 Å². The summed E-state index contributed by atoms with van der Waals surface area (Å²) in [6, 6.07) is 15.3. The van der Waals surface area contributed by atoms with Crippen LogP contribution in [0.4, 0.5) is 5.69 Å². The van der Waals surface area contributed by atoms with Gasteiger partial charge in [0.1, 0.15) is 18.1 Å². The Morgan fingerprint density at radius 2 is 1.89 bits per heavy atom. The highest BCUT2D eigenvalue weighted by atomic mass is 35.5. The number of hydrogen-bond acceptors (Lipinski definition) is 4. The average Bonchev–Trinajstić information content (AvgIpc) is 2.73. The van der Waals surface area contributed by atoms with Gasteiger partial charge >= 0.3 is 0 Å². The molecule has 0 aromatic heterocycles. The van der Waals surface area contributed by atoms with Gasteiger partial charge in [0.25, 0.3) is 5.91 Å². The fraction of sp³-hybridized carbons (Fsp3) is 0.381. The zero-order valence-corrected chi connectivity index (χ0v) is 16.9. The zero-order chi connectivity index (χ0) is 19.8. The van der Waals surface area contributed by atoms with E-state index in [-0.39, 0.29) is 5.91 Å². The van der Waals surface area contributed by atoms with Crippen LogP contribution < -0.4 is 24.6 Å². The first kappa shape index (κ1) is 20.3. The summed E-state index contributed by atoms with van der Waals surface area (Å²) in [5, 5.41) is 3.60. The quantitative estimate of drug-likeness (QED) is 0.650. The summed E-state index contributed by atoms with van der Waals surface area (Å²) in [7, 11) is 1.68. The Morgan fingerprint density at radius 1 is 1.14 bits per heavy atom. The molecule has 1 saturated heterocycles. The van der Waals surface area contributed by atoms with Gasteiger partial charge in [-0.05, 0) is 36.4 Å². The number of halogens is 1. The van der Waals surface area contributed by atoms with Crippen LogP contribution in [0.25, 0.3) is 0 Å². The summed E-state index contributed by atoms with van der Waals surface area (Å²) in [5.74, 6) is 1.68. The van der Waals surface area contributed by atoms with Gasteiger partial charge in [-0.3, -0.25) is 4.79 Å². The Hall–Kier alpha value is -2.44. The van der Waals surface area contributed by atoms with Gasteiger partial charge < -0.3 is 24.6 Å². The lowest BCUT2D eigenvalue weighted by atomic mass is 10.2. The number of methoxy groups -OCH3 is 1. The highest BCUT2D eigenvalue weighted by Crippen LogP contribution is 2.20. The molecule has 1 aliphatic rings. The van der Waals surface area contributed by atoms with Crippen molar-refractivity contribution in [2.24, 2.45) is 0 Å². The third kappa shape index (κ3) is 6.04. The first-order chi connectivity index (χ1) is 13.6. The summed E-state index contributed by atoms with van der Waals surface area (Å²) in [4.78, 5) is 15.8. The van der Waals surface area contributed by atoms with Crippen molar-refractivity contribution in [3.05, 3.63) is 53.6 Å². The Kier molecular flexibility index (Phi) is 7.39. The van der Waals surface area contributed by atoms with Gasteiger partial charge in [0.05, 0.1) is 39.8 Å². The Morgan fingerprint density at radius 3 is 2.61 bits per heavy atom. The van der Waals surface area contributed by atoms with E-state index in [1.54, 1.807) is 19.2 Å². The molecular formula is C21H27ClN3O3+. The number of rotatable bonds is 8. The van der Waals surface area contributed by atoms with Gasteiger partial charge in [-0.1, -0.05) is 17.7 Å². The number of nitrogens with zero attached hydrogens (tertiary/aromatic N) is 1. The highest BCUT2D eigenvalue weighted by Gasteiger charge is 2.22. The van der Waals surface area contributed by atoms with E-state index in [4.69, 9.17) is 21.1 Å². The van der Waals surface area contributed by atoms with Crippen LogP contribution in [0.2, 0.25) is 5.02 Å². The number of piperazine rings is 1. The summed E-state index contributed by atoms with van der Waals surface area (Å²) in [6.45, 7) is 5.15. The van der Waals surface area contributed by atoms with Crippen molar-refractivity contribution < 1.29 is 19.2 Å². The lowest BCUT2D eigenvalue weighted by Gasteiger charge is -2.33. The molecule has 0 radical (unpaired) electrons. The average molecular weight is 405 g/mol. The maximum Gasteiger partial charge on any atom is 0.275 e. The van der Waals surface area contributed by atoms with Gasteiger partial charge in [-0.25, -0.2) is 0 Å². The number of ether oxygens (including phenoxy) is 2. The fourth-order valence-electron chi connectivity index (χ4n) is 3.24. The molecule has 7 heteroatoms. The van der Waals surface area contributed by atoms with Crippen LogP contribution in [-0.2, 0) is 4.79 Å². The maximum absolute atomic E-state index is 12.2. The molecule has 2 aromatic rings. The van der Waals surface area contributed by atoms with E-state index < -0.39 is 0 Å². The molecule has 0 bridgehead atoms. The molecule has 0 saturated carbocycles. The Labute approximate surface area is 171 Å². The van der Waals surface area contributed by atoms with E-state index in [2.05, 4.69) is 22.3 Å². The molecule has 150 valence electrons. The lowest BCUT2D eigenvalue weighted by molar-refractivity contribution is -0.892. The largest absolute Gasteiger partial charge is 0.497 e. The molecule has 0 spiro atoms. The van der Waals surface area contributed by atoms with Crippen LogP contribution in [0.3, 0.4) is 0 Å². The van der Waals surface area contributed by atoms with E-state index in [1.165, 1.54) is 10.6 Å². The standard InChI is InChI=1S/C21H26ClN3O3/c1-27-20-4-2-3-18(15-20)25-12-10-24(11-13-25)16-21(26)23-9-14-28-19-7-5-17(22)6-8-19/h2-8,15H,9-14,16H2,1H3,(H,23,26)/p+1. The molecule has 0 aliphatic carbocycles. The van der Waals surface area contributed by atoms with Crippen LogP contribution in [0.15, 0.2) is 48.5 Å². The van der Waals surface area contributed by atoms with Gasteiger partial charge in [-0.15, -0.1) is 0 Å². The second kappa shape index (κ2) is 10.2. The molecule has 28 heavy (non-hydrogen) atoms. The third-order valence-corrected chi connectivity index (χ3v) is 5.06. The van der Waals surface area contributed by atoms with Gasteiger partial charge in [-0.2, -0.15) is 0 Å². The smallest absolute Gasteiger partial charge is 0.275 e. The van der Waals surface area contributed by atoms with E-state index in [9.17, 15) is 4.79 Å². The lowest BCUT2D eigenvalue weighted by Crippen LogP contribution is -3.16. The summed E-state index contributed by atoms with van der Waals surface area (Å²) in [5.41, 5.74) is 1.17.